The molecule has 1 aromatic rings. The van der Waals surface area contributed by atoms with Crippen LogP contribution in [-0.2, 0) is 9.47 Å². The van der Waals surface area contributed by atoms with Gasteiger partial charge in [0.05, 0.1) is 6.61 Å². The van der Waals surface area contributed by atoms with Crippen LogP contribution in [0.1, 0.15) is 20.3 Å². The highest BCUT2D eigenvalue weighted by atomic mass is 16.7. The second-order valence-electron chi connectivity index (χ2n) is 3.75. The average Bonchev–Trinajstić information content (AvgIpc) is 2.40. The van der Waals surface area contributed by atoms with Crippen molar-refractivity contribution in [1.82, 2.24) is 0 Å². The molecule has 0 heterocycles. The minimum Gasteiger partial charge on any atom is -0.493 e. The molecule has 1 N–H and O–H groups in total. The monoisotopic (exact) mass is 253 g/mol. The van der Waals surface area contributed by atoms with Gasteiger partial charge >= 0.3 is 0 Å². The van der Waals surface area contributed by atoms with Crippen LogP contribution < -0.4 is 10.1 Å². The SMILES string of the molecule is CCOC(CCOc1ccc(NC)cc1)OCC. The Hall–Kier alpha value is -1.26. The average molecular weight is 253 g/mol. The Morgan fingerprint density at radius 1 is 1.06 bits per heavy atom. The van der Waals surface area contributed by atoms with E-state index < -0.39 is 0 Å². The van der Waals surface area contributed by atoms with E-state index in [1.54, 1.807) is 0 Å². The summed E-state index contributed by atoms with van der Waals surface area (Å²) in [6, 6.07) is 7.86. The molecule has 0 aliphatic rings. The van der Waals surface area contributed by atoms with Gasteiger partial charge in [0.25, 0.3) is 0 Å². The fourth-order valence-electron chi connectivity index (χ4n) is 1.58. The number of ether oxygens (including phenoxy) is 3. The van der Waals surface area contributed by atoms with Gasteiger partial charge < -0.3 is 19.5 Å². The van der Waals surface area contributed by atoms with Crippen molar-refractivity contribution in [3.63, 3.8) is 0 Å². The van der Waals surface area contributed by atoms with Crippen molar-refractivity contribution in [3.05, 3.63) is 24.3 Å². The second kappa shape index (κ2) is 8.78. The summed E-state index contributed by atoms with van der Waals surface area (Å²) in [5.74, 6) is 0.862. The number of hydrogen-bond acceptors (Lipinski definition) is 4. The minimum absolute atomic E-state index is 0.170. The smallest absolute Gasteiger partial charge is 0.160 e. The third-order valence-corrected chi connectivity index (χ3v) is 2.47. The van der Waals surface area contributed by atoms with Crippen molar-refractivity contribution >= 4 is 5.69 Å². The molecule has 0 fully saturated rings. The van der Waals surface area contributed by atoms with E-state index in [9.17, 15) is 0 Å². The molecular formula is C14H23NO3. The summed E-state index contributed by atoms with van der Waals surface area (Å²) in [4.78, 5) is 0. The van der Waals surface area contributed by atoms with E-state index in [1.165, 1.54) is 0 Å². The lowest BCUT2D eigenvalue weighted by atomic mass is 10.3. The molecule has 1 rings (SSSR count). The van der Waals surface area contributed by atoms with E-state index in [0.29, 0.717) is 19.8 Å². The summed E-state index contributed by atoms with van der Waals surface area (Å²) in [7, 11) is 1.89. The Kier molecular flexibility index (Phi) is 7.22. The van der Waals surface area contributed by atoms with Gasteiger partial charge in [-0.15, -0.1) is 0 Å². The second-order valence-corrected chi connectivity index (χ2v) is 3.75. The van der Waals surface area contributed by atoms with E-state index >= 15 is 0 Å². The van der Waals surface area contributed by atoms with Crippen LogP contribution in [0.2, 0.25) is 0 Å². The summed E-state index contributed by atoms with van der Waals surface area (Å²) in [5.41, 5.74) is 1.07. The number of benzene rings is 1. The lowest BCUT2D eigenvalue weighted by Crippen LogP contribution is -2.20. The van der Waals surface area contributed by atoms with Crippen LogP contribution in [0.4, 0.5) is 5.69 Å². The first-order valence-corrected chi connectivity index (χ1v) is 6.44. The molecule has 18 heavy (non-hydrogen) atoms. The van der Waals surface area contributed by atoms with Gasteiger partial charge in [0.2, 0.25) is 0 Å². The zero-order chi connectivity index (χ0) is 13.2. The van der Waals surface area contributed by atoms with Gasteiger partial charge in [0.15, 0.2) is 6.29 Å². The lowest BCUT2D eigenvalue weighted by Gasteiger charge is -2.17. The molecular weight excluding hydrogens is 230 g/mol. The van der Waals surface area contributed by atoms with Crippen LogP contribution in [0.5, 0.6) is 5.75 Å². The number of anilines is 1. The summed E-state index contributed by atoms with van der Waals surface area (Å²) < 4.78 is 16.5. The quantitative estimate of drug-likeness (QED) is 0.687. The number of hydrogen-bond donors (Lipinski definition) is 1. The first kappa shape index (κ1) is 14.8. The lowest BCUT2D eigenvalue weighted by molar-refractivity contribution is -0.142. The third-order valence-electron chi connectivity index (χ3n) is 2.47. The zero-order valence-corrected chi connectivity index (χ0v) is 11.4. The Bertz CT molecular complexity index is 307. The molecule has 0 radical (unpaired) electrons. The topological polar surface area (TPSA) is 39.7 Å². The van der Waals surface area contributed by atoms with Gasteiger partial charge in [-0.1, -0.05) is 0 Å². The molecule has 1 aromatic carbocycles. The molecule has 0 unspecified atom stereocenters. The minimum atomic E-state index is -0.170. The first-order chi connectivity index (χ1) is 8.80. The maximum atomic E-state index is 5.64. The molecule has 4 nitrogen and oxygen atoms in total. The summed E-state index contributed by atoms with van der Waals surface area (Å²) >= 11 is 0. The molecule has 0 atom stereocenters. The number of rotatable bonds is 9. The van der Waals surface area contributed by atoms with Crippen molar-refractivity contribution < 1.29 is 14.2 Å². The van der Waals surface area contributed by atoms with Gasteiger partial charge in [-0.25, -0.2) is 0 Å². The van der Waals surface area contributed by atoms with Crippen LogP contribution in [0.3, 0.4) is 0 Å². The molecule has 0 amide bonds. The van der Waals surface area contributed by atoms with Gasteiger partial charge in [0, 0.05) is 32.4 Å². The Labute approximate surface area is 109 Å². The van der Waals surface area contributed by atoms with Crippen LogP contribution in [0, 0.1) is 0 Å². The Morgan fingerprint density at radius 2 is 1.67 bits per heavy atom. The summed E-state index contributed by atoms with van der Waals surface area (Å²) in [6.45, 7) is 5.82. The summed E-state index contributed by atoms with van der Waals surface area (Å²) in [5, 5.41) is 3.07. The molecule has 0 saturated heterocycles. The first-order valence-electron chi connectivity index (χ1n) is 6.44. The summed E-state index contributed by atoms with van der Waals surface area (Å²) in [6.07, 6.45) is 0.562. The van der Waals surface area contributed by atoms with Crippen LogP contribution in [0.25, 0.3) is 0 Å². The molecule has 4 heteroatoms. The standard InChI is InChI=1S/C14H23NO3/c1-4-16-14(17-5-2)10-11-18-13-8-6-12(15-3)7-9-13/h6-9,14-15H,4-5,10-11H2,1-3H3. The molecule has 0 aliphatic carbocycles. The van der Waals surface area contributed by atoms with Crippen molar-refractivity contribution in [1.29, 1.82) is 0 Å². The largest absolute Gasteiger partial charge is 0.493 e. The van der Waals surface area contributed by atoms with Gasteiger partial charge in [0.1, 0.15) is 5.75 Å². The van der Waals surface area contributed by atoms with Crippen molar-refractivity contribution in [2.45, 2.75) is 26.6 Å². The Balaban J connectivity index is 2.30. The fraction of sp³-hybridized carbons (Fsp3) is 0.571. The van der Waals surface area contributed by atoms with Crippen molar-refractivity contribution in [2.24, 2.45) is 0 Å². The van der Waals surface area contributed by atoms with E-state index in [1.807, 2.05) is 45.2 Å². The fourth-order valence-corrected chi connectivity index (χ4v) is 1.58. The van der Waals surface area contributed by atoms with E-state index in [-0.39, 0.29) is 6.29 Å². The van der Waals surface area contributed by atoms with Crippen LogP contribution in [-0.4, -0.2) is 33.2 Å². The molecule has 0 spiro atoms. The van der Waals surface area contributed by atoms with Crippen LogP contribution >= 0.6 is 0 Å². The Morgan fingerprint density at radius 3 is 2.17 bits per heavy atom. The molecule has 0 aromatic heterocycles. The normalized spacial score (nSPS) is 10.7. The van der Waals surface area contributed by atoms with Gasteiger partial charge in [-0.3, -0.25) is 0 Å². The maximum absolute atomic E-state index is 5.64. The predicted octanol–water partition coefficient (Wildman–Crippen LogP) is 2.90. The predicted molar refractivity (Wildman–Crippen MR) is 73.1 cm³/mol. The highest BCUT2D eigenvalue weighted by Crippen LogP contribution is 2.15. The van der Waals surface area contributed by atoms with Crippen LogP contribution in [0.15, 0.2) is 24.3 Å². The molecule has 0 aliphatic heterocycles. The molecule has 0 bridgehead atoms. The van der Waals surface area contributed by atoms with E-state index in [0.717, 1.165) is 17.9 Å². The zero-order valence-electron chi connectivity index (χ0n) is 11.4. The third kappa shape index (κ3) is 5.38. The highest BCUT2D eigenvalue weighted by molar-refractivity contribution is 5.45. The number of nitrogens with one attached hydrogen (secondary N) is 1. The van der Waals surface area contributed by atoms with E-state index in [4.69, 9.17) is 14.2 Å². The van der Waals surface area contributed by atoms with Crippen molar-refractivity contribution in [2.75, 3.05) is 32.2 Å². The highest BCUT2D eigenvalue weighted by Gasteiger charge is 2.07. The molecule has 0 saturated carbocycles. The molecule has 102 valence electrons. The maximum Gasteiger partial charge on any atom is 0.160 e. The van der Waals surface area contributed by atoms with Crippen molar-refractivity contribution in [3.8, 4) is 5.75 Å². The van der Waals surface area contributed by atoms with Gasteiger partial charge in [-0.2, -0.15) is 0 Å². The van der Waals surface area contributed by atoms with E-state index in [2.05, 4.69) is 5.32 Å². The van der Waals surface area contributed by atoms with Gasteiger partial charge in [-0.05, 0) is 38.1 Å².